The minimum atomic E-state index is -0.774. The lowest BCUT2D eigenvalue weighted by molar-refractivity contribution is -0.137. The lowest BCUT2D eigenvalue weighted by Gasteiger charge is -2.27. The van der Waals surface area contributed by atoms with E-state index in [1.54, 1.807) is 0 Å². The molecule has 5 nitrogen and oxygen atoms in total. The van der Waals surface area contributed by atoms with Crippen molar-refractivity contribution >= 4 is 5.97 Å². The zero-order chi connectivity index (χ0) is 24.6. The maximum Gasteiger partial charge on any atom is 0.303 e. The second-order valence-corrected chi connectivity index (χ2v) is 9.84. The number of aliphatic carboxylic acids is 1. The van der Waals surface area contributed by atoms with E-state index in [2.05, 4.69) is 20.8 Å². The van der Waals surface area contributed by atoms with Gasteiger partial charge < -0.3 is 19.7 Å². The highest BCUT2D eigenvalue weighted by Gasteiger charge is 2.20. The molecule has 0 aliphatic rings. The summed E-state index contributed by atoms with van der Waals surface area (Å²) >= 11 is 0. The van der Waals surface area contributed by atoms with E-state index in [1.807, 2.05) is 0 Å². The van der Waals surface area contributed by atoms with Gasteiger partial charge >= 0.3 is 5.97 Å². The largest absolute Gasteiger partial charge is 0.481 e. The van der Waals surface area contributed by atoms with Crippen LogP contribution in [0, 0.1) is 5.92 Å². The molecule has 0 rings (SSSR count). The van der Waals surface area contributed by atoms with Gasteiger partial charge in [0.05, 0.1) is 19.3 Å². The van der Waals surface area contributed by atoms with Gasteiger partial charge in [0.1, 0.15) is 6.10 Å². The van der Waals surface area contributed by atoms with Crippen LogP contribution in [0.5, 0.6) is 0 Å². The monoisotopic (exact) mass is 472 g/mol. The van der Waals surface area contributed by atoms with Gasteiger partial charge in [0.2, 0.25) is 0 Å². The number of aliphatic hydroxyl groups excluding tert-OH is 1. The topological polar surface area (TPSA) is 76.0 Å². The molecule has 0 spiro atoms. The molecule has 0 saturated carbocycles. The lowest BCUT2D eigenvalue weighted by Crippen LogP contribution is -2.30. The van der Waals surface area contributed by atoms with E-state index in [0.29, 0.717) is 32.0 Å². The normalized spacial score (nSPS) is 14.3. The summed E-state index contributed by atoms with van der Waals surface area (Å²) < 4.78 is 12.0. The Morgan fingerprint density at radius 3 is 1.85 bits per heavy atom. The zero-order valence-corrected chi connectivity index (χ0v) is 22.2. The van der Waals surface area contributed by atoms with E-state index in [1.165, 1.54) is 89.9 Å². The van der Waals surface area contributed by atoms with Crippen LogP contribution >= 0.6 is 0 Å². The van der Waals surface area contributed by atoms with Gasteiger partial charge in [-0.25, -0.2) is 0 Å². The molecule has 0 heterocycles. The van der Waals surface area contributed by atoms with Crippen LogP contribution in [-0.2, 0) is 14.3 Å². The molecule has 2 N–H and O–H groups in total. The summed E-state index contributed by atoms with van der Waals surface area (Å²) in [6.45, 7) is 7.64. The molecule has 0 amide bonds. The van der Waals surface area contributed by atoms with Gasteiger partial charge in [-0.1, -0.05) is 104 Å². The first-order chi connectivity index (χ1) is 16.0. The molecular weight excluding hydrogens is 416 g/mol. The van der Waals surface area contributed by atoms with Crippen LogP contribution in [0.15, 0.2) is 0 Å². The summed E-state index contributed by atoms with van der Waals surface area (Å²) in [4.78, 5) is 10.6. The SMILES string of the molecule is CCCCCCCCCCCC(OC[C@H](CO)OCCCCC(=O)O)C(C)CCCCCC. The van der Waals surface area contributed by atoms with Gasteiger partial charge in [-0.3, -0.25) is 4.79 Å². The van der Waals surface area contributed by atoms with Crippen LogP contribution in [0.2, 0.25) is 0 Å². The van der Waals surface area contributed by atoms with Gasteiger partial charge in [0.25, 0.3) is 0 Å². The van der Waals surface area contributed by atoms with Crippen LogP contribution in [0.25, 0.3) is 0 Å². The van der Waals surface area contributed by atoms with Crippen molar-refractivity contribution in [1.82, 2.24) is 0 Å². The predicted octanol–water partition coefficient (Wildman–Crippen LogP) is 7.53. The van der Waals surface area contributed by atoms with Crippen molar-refractivity contribution in [3.05, 3.63) is 0 Å². The summed E-state index contributed by atoms with van der Waals surface area (Å²) in [5.74, 6) is -0.255. The fraction of sp³-hybridized carbons (Fsp3) is 0.964. The quantitative estimate of drug-likeness (QED) is 0.127. The molecule has 0 aliphatic carbocycles. The Morgan fingerprint density at radius 2 is 1.27 bits per heavy atom. The summed E-state index contributed by atoms with van der Waals surface area (Å²) in [5.41, 5.74) is 0. The molecule has 0 aromatic rings. The van der Waals surface area contributed by atoms with Crippen molar-refractivity contribution < 1.29 is 24.5 Å². The van der Waals surface area contributed by atoms with E-state index >= 15 is 0 Å². The molecule has 0 aliphatic heterocycles. The fourth-order valence-corrected chi connectivity index (χ4v) is 4.28. The van der Waals surface area contributed by atoms with E-state index in [9.17, 15) is 9.90 Å². The molecular formula is C28H56O5. The first kappa shape index (κ1) is 32.4. The highest BCUT2D eigenvalue weighted by atomic mass is 16.5. The third-order valence-corrected chi connectivity index (χ3v) is 6.58. The number of ether oxygens (including phenoxy) is 2. The molecule has 198 valence electrons. The minimum absolute atomic E-state index is 0.0609. The molecule has 0 fully saturated rings. The van der Waals surface area contributed by atoms with Crippen molar-refractivity contribution in [2.45, 2.75) is 149 Å². The second-order valence-electron chi connectivity index (χ2n) is 9.84. The van der Waals surface area contributed by atoms with Gasteiger partial charge in [-0.15, -0.1) is 0 Å². The first-order valence-corrected chi connectivity index (χ1v) is 14.1. The zero-order valence-electron chi connectivity index (χ0n) is 22.2. The standard InChI is InChI=1S/C28H56O5/c1-4-6-8-10-11-12-13-14-16-20-27(25(3)19-15-9-7-5-2)33-24-26(23-29)32-22-18-17-21-28(30)31/h25-27,29H,4-24H2,1-3H3,(H,30,31)/t25?,26-,27?/m0/s1. The average Bonchev–Trinajstić information content (AvgIpc) is 2.80. The van der Waals surface area contributed by atoms with Crippen LogP contribution in [-0.4, -0.2) is 48.2 Å². The summed E-state index contributed by atoms with van der Waals surface area (Å²) in [6, 6.07) is 0. The average molecular weight is 473 g/mol. The molecule has 33 heavy (non-hydrogen) atoms. The number of carboxylic acid groups (broad SMARTS) is 1. The van der Waals surface area contributed by atoms with Crippen molar-refractivity contribution in [2.24, 2.45) is 5.92 Å². The van der Waals surface area contributed by atoms with E-state index in [4.69, 9.17) is 14.6 Å². The third kappa shape index (κ3) is 21.6. The summed E-state index contributed by atoms with van der Waals surface area (Å²) in [5, 5.41) is 18.4. The molecule has 0 aromatic heterocycles. The van der Waals surface area contributed by atoms with Crippen molar-refractivity contribution in [3.63, 3.8) is 0 Å². The van der Waals surface area contributed by atoms with Gasteiger partial charge in [-0.05, 0) is 31.6 Å². The van der Waals surface area contributed by atoms with Crippen LogP contribution in [0.1, 0.15) is 136 Å². The van der Waals surface area contributed by atoms with Gasteiger partial charge in [0.15, 0.2) is 0 Å². The number of hydrogen-bond acceptors (Lipinski definition) is 4. The molecule has 3 atom stereocenters. The molecule has 2 unspecified atom stereocenters. The fourth-order valence-electron chi connectivity index (χ4n) is 4.28. The lowest BCUT2D eigenvalue weighted by atomic mass is 9.93. The smallest absolute Gasteiger partial charge is 0.303 e. The molecule has 0 aromatic carbocycles. The number of carbonyl (C=O) groups is 1. The van der Waals surface area contributed by atoms with Crippen LogP contribution < -0.4 is 0 Å². The number of unbranched alkanes of at least 4 members (excludes halogenated alkanes) is 12. The Kier molecular flexibility index (Phi) is 24.0. The molecule has 0 bridgehead atoms. The molecule has 0 radical (unpaired) electrons. The maximum absolute atomic E-state index is 10.6. The number of carboxylic acids is 1. The van der Waals surface area contributed by atoms with E-state index < -0.39 is 5.97 Å². The Hall–Kier alpha value is -0.650. The molecule has 5 heteroatoms. The number of aliphatic hydroxyl groups is 1. The van der Waals surface area contributed by atoms with E-state index in [0.717, 1.165) is 6.42 Å². The van der Waals surface area contributed by atoms with Gasteiger partial charge in [0, 0.05) is 13.0 Å². The van der Waals surface area contributed by atoms with E-state index in [-0.39, 0.29) is 25.2 Å². The second kappa shape index (κ2) is 24.5. The van der Waals surface area contributed by atoms with Crippen molar-refractivity contribution in [3.8, 4) is 0 Å². The first-order valence-electron chi connectivity index (χ1n) is 14.1. The Balaban J connectivity index is 4.29. The predicted molar refractivity (Wildman–Crippen MR) is 138 cm³/mol. The number of hydrogen-bond donors (Lipinski definition) is 2. The Bertz CT molecular complexity index is 415. The Labute approximate surface area is 205 Å². The highest BCUT2D eigenvalue weighted by molar-refractivity contribution is 5.66. The highest BCUT2D eigenvalue weighted by Crippen LogP contribution is 2.22. The van der Waals surface area contributed by atoms with Gasteiger partial charge in [-0.2, -0.15) is 0 Å². The third-order valence-electron chi connectivity index (χ3n) is 6.58. The van der Waals surface area contributed by atoms with Crippen molar-refractivity contribution in [1.29, 1.82) is 0 Å². The summed E-state index contributed by atoms with van der Waals surface area (Å²) in [7, 11) is 0. The minimum Gasteiger partial charge on any atom is -0.481 e. The maximum atomic E-state index is 10.6. The number of rotatable bonds is 26. The molecule has 0 saturated heterocycles. The van der Waals surface area contributed by atoms with Crippen LogP contribution in [0.4, 0.5) is 0 Å². The van der Waals surface area contributed by atoms with Crippen molar-refractivity contribution in [2.75, 3.05) is 19.8 Å². The van der Waals surface area contributed by atoms with Crippen LogP contribution in [0.3, 0.4) is 0 Å². The Morgan fingerprint density at radius 1 is 0.727 bits per heavy atom. The summed E-state index contributed by atoms with van der Waals surface area (Å²) in [6.07, 6.45) is 20.7.